The summed E-state index contributed by atoms with van der Waals surface area (Å²) in [6.45, 7) is 8.72. The lowest BCUT2D eigenvalue weighted by Crippen LogP contribution is -2.47. The minimum Gasteiger partial charge on any atom is -0.354 e. The number of hydrogen-bond acceptors (Lipinski definition) is 4. The number of anilines is 1. The van der Waals surface area contributed by atoms with E-state index in [-0.39, 0.29) is 22.6 Å². The molecule has 2 amide bonds. The number of nitrogens with zero attached hydrogens (tertiary/aromatic N) is 1. The number of fused-ring (bicyclic) bond motifs is 1. The van der Waals surface area contributed by atoms with Crippen LogP contribution in [0.3, 0.4) is 0 Å². The van der Waals surface area contributed by atoms with E-state index in [1.54, 1.807) is 17.0 Å². The summed E-state index contributed by atoms with van der Waals surface area (Å²) < 4.78 is 28.9. The van der Waals surface area contributed by atoms with E-state index < -0.39 is 16.1 Å². The monoisotopic (exact) mass is 485 g/mol. The summed E-state index contributed by atoms with van der Waals surface area (Å²) in [4.78, 5) is 26.8. The van der Waals surface area contributed by atoms with Crippen LogP contribution in [0.15, 0.2) is 47.4 Å². The van der Waals surface area contributed by atoms with Gasteiger partial charge in [-0.05, 0) is 61.4 Å². The maximum atomic E-state index is 13.2. The van der Waals surface area contributed by atoms with E-state index in [9.17, 15) is 18.0 Å². The Hall–Kier alpha value is -2.71. The number of hydrogen-bond donors (Lipinski definition) is 2. The van der Waals surface area contributed by atoms with E-state index in [0.717, 1.165) is 22.4 Å². The Labute approximate surface area is 203 Å². The molecule has 0 aromatic heterocycles. The van der Waals surface area contributed by atoms with Gasteiger partial charge >= 0.3 is 0 Å². The molecular formula is C26H35N3O4S. The molecule has 0 saturated carbocycles. The van der Waals surface area contributed by atoms with Crippen LogP contribution in [0.5, 0.6) is 0 Å². The maximum Gasteiger partial charge on any atom is 0.241 e. The second kappa shape index (κ2) is 11.1. The lowest BCUT2D eigenvalue weighted by Gasteiger charge is -2.21. The highest BCUT2D eigenvalue weighted by Gasteiger charge is 2.29. The van der Waals surface area contributed by atoms with Gasteiger partial charge in [-0.25, -0.2) is 8.42 Å². The van der Waals surface area contributed by atoms with Gasteiger partial charge in [-0.3, -0.25) is 9.59 Å². The van der Waals surface area contributed by atoms with Gasteiger partial charge in [-0.15, -0.1) is 0 Å². The third-order valence-electron chi connectivity index (χ3n) is 5.98. The average Bonchev–Trinajstić information content (AvgIpc) is 3.21. The zero-order valence-corrected chi connectivity index (χ0v) is 21.2. The molecule has 0 unspecified atom stereocenters. The Balaban J connectivity index is 1.70. The molecule has 3 rings (SSSR count). The summed E-state index contributed by atoms with van der Waals surface area (Å²) in [6.07, 6.45) is 2.07. The van der Waals surface area contributed by atoms with Gasteiger partial charge in [0.2, 0.25) is 21.8 Å². The van der Waals surface area contributed by atoms with E-state index in [1.165, 1.54) is 6.07 Å². The number of rotatable bonds is 10. The van der Waals surface area contributed by atoms with Crippen LogP contribution in [-0.2, 0) is 32.5 Å². The summed E-state index contributed by atoms with van der Waals surface area (Å²) in [5, 5.41) is 2.89. The molecule has 1 aliphatic rings. The lowest BCUT2D eigenvalue weighted by molar-refractivity contribution is -0.123. The third-order valence-corrected chi connectivity index (χ3v) is 7.45. The van der Waals surface area contributed by atoms with Gasteiger partial charge in [-0.2, -0.15) is 4.72 Å². The summed E-state index contributed by atoms with van der Waals surface area (Å²) in [5.41, 5.74) is 3.87. The van der Waals surface area contributed by atoms with Crippen LogP contribution >= 0.6 is 0 Å². The molecule has 2 aromatic carbocycles. The molecule has 1 atom stereocenters. The van der Waals surface area contributed by atoms with Gasteiger partial charge in [0.05, 0.1) is 4.90 Å². The van der Waals surface area contributed by atoms with E-state index >= 15 is 0 Å². The summed E-state index contributed by atoms with van der Waals surface area (Å²) in [5.74, 6) is -0.179. The maximum absolute atomic E-state index is 13.2. The molecule has 1 heterocycles. The molecule has 2 aromatic rings. The van der Waals surface area contributed by atoms with Crippen LogP contribution in [0, 0.1) is 12.8 Å². The SMILES string of the molecule is CCC(=O)N1CCc2cc(S(=O)(=O)N[C@@H](CC(C)C)C(=O)NCCc3cccc(C)c3)ccc21. The zero-order chi connectivity index (χ0) is 24.9. The van der Waals surface area contributed by atoms with E-state index in [0.29, 0.717) is 38.8 Å². The van der Waals surface area contributed by atoms with Crippen LogP contribution in [0.4, 0.5) is 5.69 Å². The first-order valence-electron chi connectivity index (χ1n) is 11.9. The number of nitrogens with one attached hydrogen (secondary N) is 2. The standard InChI is InChI=1S/C26H35N3O4S/c1-5-25(30)29-14-12-21-17-22(9-10-24(21)29)34(32,33)28-23(15-18(2)3)26(31)27-13-11-20-8-6-7-19(4)16-20/h6-10,16-18,23,28H,5,11-15H2,1-4H3,(H,27,31)/t23-/m0/s1. The molecule has 0 aliphatic carbocycles. The van der Waals surface area contributed by atoms with Crippen molar-refractivity contribution in [2.24, 2.45) is 5.92 Å². The first-order valence-corrected chi connectivity index (χ1v) is 13.4. The number of carbonyl (C=O) groups excluding carboxylic acids is 2. The third kappa shape index (κ3) is 6.45. The van der Waals surface area contributed by atoms with Crippen LogP contribution in [0.2, 0.25) is 0 Å². The van der Waals surface area contributed by atoms with Gasteiger partial charge in [0.1, 0.15) is 6.04 Å². The Morgan fingerprint density at radius 2 is 1.88 bits per heavy atom. The minimum absolute atomic E-state index is 0.0202. The number of aryl methyl sites for hydroxylation is 1. The Kier molecular flexibility index (Phi) is 8.49. The van der Waals surface area contributed by atoms with Crippen molar-refractivity contribution in [2.75, 3.05) is 18.0 Å². The molecule has 1 aliphatic heterocycles. The van der Waals surface area contributed by atoms with Crippen LogP contribution in [0.25, 0.3) is 0 Å². The highest BCUT2D eigenvalue weighted by atomic mass is 32.2. The van der Waals surface area contributed by atoms with Crippen molar-refractivity contribution in [1.29, 1.82) is 0 Å². The largest absolute Gasteiger partial charge is 0.354 e. The van der Waals surface area contributed by atoms with Crippen molar-refractivity contribution in [2.45, 2.75) is 64.3 Å². The molecule has 34 heavy (non-hydrogen) atoms. The number of sulfonamides is 1. The van der Waals surface area contributed by atoms with E-state index in [1.807, 2.05) is 45.9 Å². The minimum atomic E-state index is -3.91. The van der Waals surface area contributed by atoms with E-state index in [4.69, 9.17) is 0 Å². The molecule has 2 N–H and O–H groups in total. The topological polar surface area (TPSA) is 95.6 Å². The van der Waals surface area contributed by atoms with Crippen molar-refractivity contribution in [1.82, 2.24) is 10.0 Å². The molecule has 0 radical (unpaired) electrons. The normalized spacial score (nSPS) is 14.2. The number of benzene rings is 2. The summed E-state index contributed by atoms with van der Waals surface area (Å²) in [6, 6.07) is 12.0. The Bertz CT molecular complexity index is 1140. The smallest absolute Gasteiger partial charge is 0.241 e. The fourth-order valence-corrected chi connectivity index (χ4v) is 5.51. The predicted octanol–water partition coefficient (Wildman–Crippen LogP) is 3.35. The highest BCUT2D eigenvalue weighted by molar-refractivity contribution is 7.89. The van der Waals surface area contributed by atoms with Crippen molar-refractivity contribution in [3.63, 3.8) is 0 Å². The average molecular weight is 486 g/mol. The summed E-state index contributed by atoms with van der Waals surface area (Å²) >= 11 is 0. The first kappa shape index (κ1) is 25.9. The van der Waals surface area contributed by atoms with Crippen molar-refractivity contribution < 1.29 is 18.0 Å². The van der Waals surface area contributed by atoms with Crippen molar-refractivity contribution in [3.05, 3.63) is 59.2 Å². The van der Waals surface area contributed by atoms with Gasteiger partial charge < -0.3 is 10.2 Å². The van der Waals surface area contributed by atoms with Gasteiger partial charge in [0, 0.05) is 25.2 Å². The number of carbonyl (C=O) groups is 2. The molecule has 7 nitrogen and oxygen atoms in total. The van der Waals surface area contributed by atoms with Gasteiger partial charge in [0.25, 0.3) is 0 Å². The van der Waals surface area contributed by atoms with Crippen molar-refractivity contribution >= 4 is 27.5 Å². The molecule has 184 valence electrons. The molecule has 0 bridgehead atoms. The molecule has 0 fully saturated rings. The van der Waals surface area contributed by atoms with Crippen LogP contribution < -0.4 is 14.9 Å². The summed E-state index contributed by atoms with van der Waals surface area (Å²) in [7, 11) is -3.91. The van der Waals surface area contributed by atoms with E-state index in [2.05, 4.69) is 16.1 Å². The molecule has 8 heteroatoms. The first-order chi connectivity index (χ1) is 16.1. The highest BCUT2D eigenvalue weighted by Crippen LogP contribution is 2.30. The Morgan fingerprint density at radius 1 is 1.12 bits per heavy atom. The number of amides is 2. The fourth-order valence-electron chi connectivity index (χ4n) is 4.25. The fraction of sp³-hybridized carbons (Fsp3) is 0.462. The van der Waals surface area contributed by atoms with Crippen molar-refractivity contribution in [3.8, 4) is 0 Å². The molecular weight excluding hydrogens is 450 g/mol. The second-order valence-corrected chi connectivity index (χ2v) is 11.0. The van der Waals surface area contributed by atoms with Crippen LogP contribution in [0.1, 0.15) is 50.3 Å². The quantitative estimate of drug-likeness (QED) is 0.540. The molecule has 0 spiro atoms. The zero-order valence-electron chi connectivity index (χ0n) is 20.4. The predicted molar refractivity (Wildman–Crippen MR) is 134 cm³/mol. The van der Waals surface area contributed by atoms with Crippen LogP contribution in [-0.4, -0.2) is 39.4 Å². The van der Waals surface area contributed by atoms with Gasteiger partial charge in [-0.1, -0.05) is 50.6 Å². The molecule has 0 saturated heterocycles. The Morgan fingerprint density at radius 3 is 2.56 bits per heavy atom. The second-order valence-electron chi connectivity index (χ2n) is 9.27. The lowest BCUT2D eigenvalue weighted by atomic mass is 10.0. The van der Waals surface area contributed by atoms with Gasteiger partial charge in [0.15, 0.2) is 0 Å².